The van der Waals surface area contributed by atoms with Gasteiger partial charge in [0.25, 0.3) is 5.91 Å². The van der Waals surface area contributed by atoms with E-state index in [2.05, 4.69) is 5.10 Å². The average Bonchev–Trinajstić information content (AvgIpc) is 3.46. The maximum absolute atomic E-state index is 13.4. The Labute approximate surface area is 221 Å². The maximum Gasteiger partial charge on any atom is 0.339 e. The highest BCUT2D eigenvalue weighted by Gasteiger charge is 2.34. The summed E-state index contributed by atoms with van der Waals surface area (Å²) in [6.45, 7) is 3.42. The zero-order chi connectivity index (χ0) is 26.9. The van der Waals surface area contributed by atoms with Gasteiger partial charge >= 0.3 is 5.97 Å². The molecule has 0 spiro atoms. The van der Waals surface area contributed by atoms with Crippen LogP contribution in [0, 0.1) is 6.92 Å². The molecule has 1 saturated heterocycles. The predicted molar refractivity (Wildman–Crippen MR) is 144 cm³/mol. The van der Waals surface area contributed by atoms with Gasteiger partial charge in [-0.3, -0.25) is 4.79 Å². The summed E-state index contributed by atoms with van der Waals surface area (Å²) in [6.07, 6.45) is 0.388. The first-order chi connectivity index (χ1) is 18.3. The zero-order valence-electron chi connectivity index (χ0n) is 21.2. The number of ether oxygens (including phenoxy) is 1. The Balaban J connectivity index is 1.49. The first-order valence-electron chi connectivity index (χ1n) is 12.5. The van der Waals surface area contributed by atoms with Crippen molar-refractivity contribution in [1.82, 2.24) is 19.7 Å². The third kappa shape index (κ3) is 5.04. The average molecular weight is 533 g/mol. The second-order valence-electron chi connectivity index (χ2n) is 9.27. The molecule has 10 heteroatoms. The first kappa shape index (κ1) is 25.6. The molecule has 1 aliphatic heterocycles. The molecule has 0 saturated carbocycles. The fourth-order valence-electron chi connectivity index (χ4n) is 4.90. The van der Waals surface area contributed by atoms with Gasteiger partial charge in [0.1, 0.15) is 0 Å². The van der Waals surface area contributed by atoms with Crippen LogP contribution >= 0.6 is 0 Å². The molecule has 196 valence electrons. The van der Waals surface area contributed by atoms with Crippen LogP contribution in [0.2, 0.25) is 0 Å². The van der Waals surface area contributed by atoms with Crippen molar-refractivity contribution in [1.29, 1.82) is 0 Å². The quantitative estimate of drug-likeness (QED) is 0.335. The zero-order valence-corrected chi connectivity index (χ0v) is 22.0. The summed E-state index contributed by atoms with van der Waals surface area (Å²) in [5.41, 5.74) is 3.54. The van der Waals surface area contributed by atoms with E-state index in [-0.39, 0.29) is 17.1 Å². The van der Waals surface area contributed by atoms with E-state index in [1.807, 2.05) is 60.7 Å². The summed E-state index contributed by atoms with van der Waals surface area (Å²) in [7, 11) is -3.16. The monoisotopic (exact) mass is 532 g/mol. The largest absolute Gasteiger partial charge is 0.452 e. The minimum absolute atomic E-state index is 0.0587. The summed E-state index contributed by atoms with van der Waals surface area (Å²) in [5.74, 6) is -1.10. The molecule has 0 unspecified atom stereocenters. The Bertz CT molecular complexity index is 1600. The minimum Gasteiger partial charge on any atom is -0.452 e. The lowest BCUT2D eigenvalue weighted by Gasteiger charge is -2.26. The molecule has 38 heavy (non-hydrogen) atoms. The SMILES string of the molecule is CCN(C(=O)COC(=O)c1cc(-c2ccccc2)nc2c1c(C)nn2-c1ccccc1)[C@H]1CCS(=O)(=O)C1. The van der Waals surface area contributed by atoms with Crippen LogP contribution in [0.1, 0.15) is 29.4 Å². The molecule has 5 rings (SSSR count). The van der Waals surface area contributed by atoms with E-state index < -0.39 is 34.4 Å². The lowest BCUT2D eigenvalue weighted by atomic mass is 10.1. The van der Waals surface area contributed by atoms with E-state index in [1.165, 1.54) is 4.90 Å². The van der Waals surface area contributed by atoms with E-state index in [0.29, 0.717) is 35.4 Å². The third-order valence-corrected chi connectivity index (χ3v) is 8.49. The van der Waals surface area contributed by atoms with Crippen molar-refractivity contribution in [2.24, 2.45) is 0 Å². The van der Waals surface area contributed by atoms with Gasteiger partial charge in [-0.1, -0.05) is 48.5 Å². The van der Waals surface area contributed by atoms with Crippen molar-refractivity contribution < 1.29 is 22.7 Å². The van der Waals surface area contributed by atoms with Crippen LogP contribution in [0.3, 0.4) is 0 Å². The number of sulfone groups is 1. The highest BCUT2D eigenvalue weighted by molar-refractivity contribution is 7.91. The summed E-state index contributed by atoms with van der Waals surface area (Å²) in [5, 5.41) is 5.20. The first-order valence-corrected chi connectivity index (χ1v) is 14.3. The highest BCUT2D eigenvalue weighted by Crippen LogP contribution is 2.29. The van der Waals surface area contributed by atoms with Crippen molar-refractivity contribution >= 4 is 32.7 Å². The third-order valence-electron chi connectivity index (χ3n) is 6.74. The molecule has 0 aliphatic carbocycles. The number of amides is 1. The van der Waals surface area contributed by atoms with Gasteiger partial charge in [-0.05, 0) is 38.5 Å². The summed E-state index contributed by atoms with van der Waals surface area (Å²) < 4.78 is 31.0. The number of rotatable bonds is 7. The predicted octanol–water partition coefficient (Wildman–Crippen LogP) is 3.59. The Morgan fingerprint density at radius 3 is 2.39 bits per heavy atom. The molecule has 1 atom stereocenters. The van der Waals surface area contributed by atoms with E-state index >= 15 is 0 Å². The number of carbonyl (C=O) groups excluding carboxylic acids is 2. The number of aromatic nitrogens is 3. The standard InChI is InChI=1S/C28H28N4O5S/c1-3-31(22-14-15-38(35,36)18-22)25(33)17-37-28(34)23-16-24(20-10-6-4-7-11-20)29-27-26(23)19(2)30-32(27)21-12-8-5-9-13-21/h4-13,16,22H,3,14-15,17-18H2,1-2H3/t22-/m0/s1. The fourth-order valence-corrected chi connectivity index (χ4v) is 6.63. The topological polar surface area (TPSA) is 111 Å². The molecule has 2 aromatic carbocycles. The Morgan fingerprint density at radius 2 is 1.76 bits per heavy atom. The van der Waals surface area contributed by atoms with Gasteiger partial charge in [-0.15, -0.1) is 0 Å². The van der Waals surface area contributed by atoms with Crippen molar-refractivity contribution in [3.63, 3.8) is 0 Å². The smallest absolute Gasteiger partial charge is 0.339 e. The molecule has 0 N–H and O–H groups in total. The molecule has 1 amide bonds. The Kier molecular flexibility index (Phi) is 6.98. The number of nitrogens with zero attached hydrogens (tertiary/aromatic N) is 4. The van der Waals surface area contributed by atoms with E-state index in [0.717, 1.165) is 11.3 Å². The number of fused-ring (bicyclic) bond motifs is 1. The van der Waals surface area contributed by atoms with E-state index in [9.17, 15) is 18.0 Å². The van der Waals surface area contributed by atoms with Crippen LogP contribution in [0.15, 0.2) is 66.7 Å². The van der Waals surface area contributed by atoms with Gasteiger partial charge in [-0.25, -0.2) is 22.9 Å². The van der Waals surface area contributed by atoms with Gasteiger partial charge in [-0.2, -0.15) is 5.10 Å². The number of likely N-dealkylation sites (N-methyl/N-ethyl adjacent to an activating group) is 1. The van der Waals surface area contributed by atoms with Crippen LogP contribution in [0.4, 0.5) is 0 Å². The number of esters is 1. The second kappa shape index (κ2) is 10.4. The Morgan fingerprint density at radius 1 is 1.08 bits per heavy atom. The van der Waals surface area contributed by atoms with Crippen LogP contribution in [-0.2, 0) is 19.4 Å². The maximum atomic E-state index is 13.4. The van der Waals surface area contributed by atoms with Crippen molar-refractivity contribution in [3.05, 3.63) is 78.0 Å². The summed E-state index contributed by atoms with van der Waals surface area (Å²) >= 11 is 0. The molecular formula is C28H28N4O5S. The van der Waals surface area contributed by atoms with Crippen molar-refractivity contribution in [2.75, 3.05) is 24.7 Å². The number of para-hydroxylation sites is 1. The van der Waals surface area contributed by atoms with Crippen LogP contribution in [-0.4, -0.2) is 70.7 Å². The number of aryl methyl sites for hydroxylation is 1. The summed E-state index contributed by atoms with van der Waals surface area (Å²) in [4.78, 5) is 32.7. The van der Waals surface area contributed by atoms with Crippen molar-refractivity contribution in [2.45, 2.75) is 26.3 Å². The molecule has 4 aromatic rings. The number of pyridine rings is 1. The number of carbonyl (C=O) groups is 2. The molecule has 1 fully saturated rings. The van der Waals surface area contributed by atoms with Gasteiger partial charge in [0.15, 0.2) is 22.1 Å². The molecule has 0 bridgehead atoms. The van der Waals surface area contributed by atoms with Gasteiger partial charge in [0, 0.05) is 18.2 Å². The second-order valence-corrected chi connectivity index (χ2v) is 11.5. The van der Waals surface area contributed by atoms with Crippen LogP contribution < -0.4 is 0 Å². The van der Waals surface area contributed by atoms with Crippen molar-refractivity contribution in [3.8, 4) is 16.9 Å². The molecule has 1 aliphatic rings. The normalized spacial score (nSPS) is 16.4. The number of benzene rings is 2. The highest BCUT2D eigenvalue weighted by atomic mass is 32.2. The molecule has 3 heterocycles. The minimum atomic E-state index is -3.16. The molecule has 9 nitrogen and oxygen atoms in total. The summed E-state index contributed by atoms with van der Waals surface area (Å²) in [6, 6.07) is 20.3. The fraction of sp³-hybridized carbons (Fsp3) is 0.286. The lowest BCUT2D eigenvalue weighted by Crippen LogP contribution is -2.43. The molecular weight excluding hydrogens is 504 g/mol. The molecule has 0 radical (unpaired) electrons. The Hall–Kier alpha value is -4.05. The van der Waals surface area contributed by atoms with Gasteiger partial charge in [0.05, 0.1) is 39.5 Å². The lowest BCUT2D eigenvalue weighted by molar-refractivity contribution is -0.136. The van der Waals surface area contributed by atoms with Crippen LogP contribution in [0.25, 0.3) is 28.0 Å². The number of hydrogen-bond acceptors (Lipinski definition) is 7. The van der Waals surface area contributed by atoms with Crippen LogP contribution in [0.5, 0.6) is 0 Å². The molecule has 2 aromatic heterocycles. The van der Waals surface area contributed by atoms with Gasteiger partial charge in [0.2, 0.25) is 0 Å². The van der Waals surface area contributed by atoms with E-state index in [1.54, 1.807) is 24.6 Å². The number of hydrogen-bond donors (Lipinski definition) is 0. The van der Waals surface area contributed by atoms with E-state index in [4.69, 9.17) is 9.72 Å². The van der Waals surface area contributed by atoms with Gasteiger partial charge < -0.3 is 9.64 Å².